The largest absolute Gasteiger partial charge is 0.524 e. The summed E-state index contributed by atoms with van der Waals surface area (Å²) in [5, 5.41) is 7.72. The van der Waals surface area contributed by atoms with Crippen LogP contribution in [0.3, 0.4) is 0 Å². The summed E-state index contributed by atoms with van der Waals surface area (Å²) in [5.74, 6) is -1.73. The van der Waals surface area contributed by atoms with Crippen LogP contribution < -0.4 is 26.2 Å². The number of carbonyl (C=O) groups excluding carboxylic acids is 4. The van der Waals surface area contributed by atoms with Gasteiger partial charge in [0.25, 0.3) is 0 Å². The van der Waals surface area contributed by atoms with Crippen molar-refractivity contribution < 1.29 is 38.1 Å². The SMILES string of the molecule is CNC(=O)[C@H](C)NC(=O)[C@H](Cc1ccc(OP(=O)(O)O)cc1)NC(=O)[C@@H]1CCCN1C(=O)[C@@H](N)CC(C)C. The average molecular weight is 556 g/mol. The first-order valence-electron chi connectivity index (χ1n) is 12.4. The molecule has 1 fully saturated rings. The summed E-state index contributed by atoms with van der Waals surface area (Å²) in [6.07, 6.45) is 1.52. The van der Waals surface area contributed by atoms with Crippen LogP contribution in [0.25, 0.3) is 0 Å². The molecule has 13 nitrogen and oxygen atoms in total. The van der Waals surface area contributed by atoms with E-state index >= 15 is 0 Å². The third-order valence-electron chi connectivity index (χ3n) is 6.10. The summed E-state index contributed by atoms with van der Waals surface area (Å²) in [6.45, 7) is 5.79. The summed E-state index contributed by atoms with van der Waals surface area (Å²) in [7, 11) is -3.30. The first-order chi connectivity index (χ1) is 17.7. The number of carbonyl (C=O) groups is 4. The Hall–Kier alpha value is -2.99. The maximum Gasteiger partial charge on any atom is 0.524 e. The molecule has 0 saturated carbocycles. The first-order valence-corrected chi connectivity index (χ1v) is 14.0. The second-order valence-electron chi connectivity index (χ2n) is 9.76. The molecule has 1 aliphatic heterocycles. The number of likely N-dealkylation sites (tertiary alicyclic amines) is 1. The molecule has 4 atom stereocenters. The monoisotopic (exact) mass is 555 g/mol. The molecule has 0 aromatic heterocycles. The van der Waals surface area contributed by atoms with Crippen LogP contribution in [0.4, 0.5) is 0 Å². The van der Waals surface area contributed by atoms with Gasteiger partial charge in [0.15, 0.2) is 0 Å². The number of nitrogens with one attached hydrogen (secondary N) is 3. The van der Waals surface area contributed by atoms with Crippen molar-refractivity contribution in [3.63, 3.8) is 0 Å². The van der Waals surface area contributed by atoms with Crippen LogP contribution in [-0.4, -0.2) is 76.1 Å². The van der Waals surface area contributed by atoms with E-state index in [1.165, 1.54) is 43.1 Å². The number of nitrogens with zero attached hydrogens (tertiary/aromatic N) is 1. The van der Waals surface area contributed by atoms with Crippen LogP contribution in [0, 0.1) is 5.92 Å². The molecule has 1 aromatic rings. The van der Waals surface area contributed by atoms with E-state index in [0.29, 0.717) is 31.4 Å². The van der Waals surface area contributed by atoms with E-state index in [-0.39, 0.29) is 24.0 Å². The quantitative estimate of drug-likeness (QED) is 0.189. The zero-order valence-electron chi connectivity index (χ0n) is 22.0. The standard InChI is InChI=1S/C24H38N5O8P/c1-14(2)12-18(25)24(33)29-11-5-6-20(29)23(32)28-19(22(31)27-15(3)21(30)26-4)13-16-7-9-17(10-8-16)37-38(34,35)36/h7-10,14-15,18-20H,5-6,11-13,25H2,1-4H3,(H,26,30)(H,27,31)(H,28,32)(H2,34,35,36)/t15-,18-,19-,20-/m0/s1. The summed E-state index contributed by atoms with van der Waals surface area (Å²) in [6, 6.07) is 2.15. The lowest BCUT2D eigenvalue weighted by molar-refractivity contribution is -0.140. The molecule has 1 aliphatic rings. The Morgan fingerprint density at radius 2 is 1.74 bits per heavy atom. The number of likely N-dealkylation sites (N-methyl/N-ethyl adjacent to an activating group) is 1. The molecule has 1 aromatic carbocycles. The molecule has 0 spiro atoms. The number of benzene rings is 1. The van der Waals surface area contributed by atoms with E-state index in [4.69, 9.17) is 15.5 Å². The van der Waals surface area contributed by atoms with Gasteiger partial charge >= 0.3 is 7.82 Å². The van der Waals surface area contributed by atoms with Crippen LogP contribution in [-0.2, 0) is 30.2 Å². The Kier molecular flexibility index (Phi) is 11.3. The van der Waals surface area contributed by atoms with E-state index in [0.717, 1.165) is 0 Å². The maximum atomic E-state index is 13.3. The molecule has 1 saturated heterocycles. The minimum atomic E-state index is -4.74. The van der Waals surface area contributed by atoms with Gasteiger partial charge in [-0.15, -0.1) is 0 Å². The van der Waals surface area contributed by atoms with E-state index in [2.05, 4.69) is 20.5 Å². The van der Waals surface area contributed by atoms with E-state index in [1.807, 2.05) is 13.8 Å². The molecule has 0 radical (unpaired) electrons. The molecule has 38 heavy (non-hydrogen) atoms. The second kappa shape index (κ2) is 13.7. The molecule has 7 N–H and O–H groups in total. The maximum absolute atomic E-state index is 13.3. The fraction of sp³-hybridized carbons (Fsp3) is 0.583. The Morgan fingerprint density at radius 1 is 1.11 bits per heavy atom. The van der Waals surface area contributed by atoms with Crippen LogP contribution >= 0.6 is 7.82 Å². The highest BCUT2D eigenvalue weighted by molar-refractivity contribution is 7.46. The fourth-order valence-electron chi connectivity index (χ4n) is 4.26. The number of phosphoric ester groups is 1. The molecule has 212 valence electrons. The van der Waals surface area contributed by atoms with Crippen LogP contribution in [0.5, 0.6) is 5.75 Å². The lowest BCUT2D eigenvalue weighted by Crippen LogP contribution is -2.57. The number of phosphoric acid groups is 1. The van der Waals surface area contributed by atoms with Crippen molar-refractivity contribution in [2.75, 3.05) is 13.6 Å². The van der Waals surface area contributed by atoms with Crippen molar-refractivity contribution in [1.29, 1.82) is 0 Å². The van der Waals surface area contributed by atoms with Gasteiger partial charge in [0, 0.05) is 20.0 Å². The molecular formula is C24H38N5O8P. The van der Waals surface area contributed by atoms with Crippen LogP contribution in [0.1, 0.15) is 45.6 Å². The number of hydrogen-bond donors (Lipinski definition) is 6. The Labute approximate surface area is 222 Å². The minimum absolute atomic E-state index is 0.00174. The zero-order valence-corrected chi connectivity index (χ0v) is 22.9. The van der Waals surface area contributed by atoms with Gasteiger partial charge in [0.05, 0.1) is 6.04 Å². The van der Waals surface area contributed by atoms with Gasteiger partial charge in [0.2, 0.25) is 23.6 Å². The lowest BCUT2D eigenvalue weighted by Gasteiger charge is -2.29. The first kappa shape index (κ1) is 31.2. The second-order valence-corrected chi connectivity index (χ2v) is 10.9. The highest BCUT2D eigenvalue weighted by Gasteiger charge is 2.38. The smallest absolute Gasteiger partial charge is 0.404 e. The van der Waals surface area contributed by atoms with E-state index in [1.54, 1.807) is 0 Å². The van der Waals surface area contributed by atoms with Gasteiger partial charge in [-0.3, -0.25) is 29.0 Å². The van der Waals surface area contributed by atoms with Gasteiger partial charge in [-0.1, -0.05) is 26.0 Å². The third-order valence-corrected chi connectivity index (χ3v) is 6.55. The van der Waals surface area contributed by atoms with Crippen molar-refractivity contribution in [1.82, 2.24) is 20.9 Å². The Balaban J connectivity index is 2.21. The fourth-order valence-corrected chi connectivity index (χ4v) is 4.65. The number of nitrogens with two attached hydrogens (primary N) is 1. The molecule has 4 amide bonds. The van der Waals surface area contributed by atoms with Gasteiger partial charge in [-0.2, -0.15) is 0 Å². The van der Waals surface area contributed by atoms with Crippen LogP contribution in [0.2, 0.25) is 0 Å². The molecule has 1 heterocycles. The number of amides is 4. The van der Waals surface area contributed by atoms with E-state index < -0.39 is 49.7 Å². The van der Waals surface area contributed by atoms with Gasteiger partial charge in [0.1, 0.15) is 23.9 Å². The topological polar surface area (TPSA) is 200 Å². The highest BCUT2D eigenvalue weighted by Crippen LogP contribution is 2.37. The molecule has 14 heteroatoms. The Morgan fingerprint density at radius 3 is 2.29 bits per heavy atom. The van der Waals surface area contributed by atoms with Gasteiger partial charge in [-0.25, -0.2) is 4.57 Å². The molecule has 2 rings (SSSR count). The number of rotatable bonds is 12. The van der Waals surface area contributed by atoms with Crippen LogP contribution in [0.15, 0.2) is 24.3 Å². The third kappa shape index (κ3) is 9.39. The Bertz CT molecular complexity index is 1040. The highest BCUT2D eigenvalue weighted by atomic mass is 31.2. The summed E-state index contributed by atoms with van der Waals surface area (Å²) >= 11 is 0. The predicted molar refractivity (Wildman–Crippen MR) is 139 cm³/mol. The summed E-state index contributed by atoms with van der Waals surface area (Å²) in [4.78, 5) is 70.6. The zero-order chi connectivity index (χ0) is 28.6. The van der Waals surface area contributed by atoms with E-state index in [9.17, 15) is 23.7 Å². The summed E-state index contributed by atoms with van der Waals surface area (Å²) in [5.41, 5.74) is 6.63. The lowest BCUT2D eigenvalue weighted by atomic mass is 10.0. The van der Waals surface area contributed by atoms with Crippen molar-refractivity contribution in [3.05, 3.63) is 29.8 Å². The van der Waals surface area contributed by atoms with Crippen molar-refractivity contribution in [2.45, 2.75) is 70.6 Å². The van der Waals surface area contributed by atoms with Gasteiger partial charge < -0.3 is 31.1 Å². The van der Waals surface area contributed by atoms with Crippen molar-refractivity contribution in [2.24, 2.45) is 11.7 Å². The molecule has 0 aliphatic carbocycles. The average Bonchev–Trinajstić information content (AvgIpc) is 3.32. The normalized spacial score (nSPS) is 17.9. The molecule has 0 bridgehead atoms. The van der Waals surface area contributed by atoms with Gasteiger partial charge in [-0.05, 0) is 49.8 Å². The summed E-state index contributed by atoms with van der Waals surface area (Å²) < 4.78 is 15.6. The predicted octanol–water partition coefficient (Wildman–Crippen LogP) is -0.199. The number of hydrogen-bond acceptors (Lipinski definition) is 7. The molecular weight excluding hydrogens is 517 g/mol. The molecule has 0 unspecified atom stereocenters. The van der Waals surface area contributed by atoms with Crippen molar-refractivity contribution in [3.8, 4) is 5.75 Å². The van der Waals surface area contributed by atoms with Crippen molar-refractivity contribution >= 4 is 31.5 Å². The minimum Gasteiger partial charge on any atom is -0.404 e.